The van der Waals surface area contributed by atoms with Crippen LogP contribution in [-0.4, -0.2) is 23.1 Å². The maximum Gasteiger partial charge on any atom is 0.129 e. The molecular formula is C16H19NO2. The number of aliphatic hydroxyl groups excluding tert-OH is 1. The van der Waals surface area contributed by atoms with Gasteiger partial charge in [0.15, 0.2) is 0 Å². The molecular weight excluding hydrogens is 238 g/mol. The number of nitrogens with zero attached hydrogens (tertiary/aromatic N) is 1. The van der Waals surface area contributed by atoms with E-state index in [-0.39, 0.29) is 6.61 Å². The predicted octanol–water partition coefficient (Wildman–Crippen LogP) is 2.37. The van der Waals surface area contributed by atoms with E-state index in [1.54, 1.807) is 0 Å². The molecule has 2 heterocycles. The van der Waals surface area contributed by atoms with Crippen molar-refractivity contribution < 1.29 is 9.52 Å². The Bertz CT molecular complexity index is 520. The van der Waals surface area contributed by atoms with Crippen LogP contribution in [0.4, 0.5) is 0 Å². The first kappa shape index (κ1) is 12.5. The van der Waals surface area contributed by atoms with Crippen LogP contribution >= 0.6 is 0 Å². The molecule has 3 nitrogen and oxygen atoms in total. The second-order valence-electron chi connectivity index (χ2n) is 5.07. The fraction of sp³-hybridized carbons (Fsp3) is 0.375. The van der Waals surface area contributed by atoms with Crippen LogP contribution in [-0.2, 0) is 26.0 Å². The molecule has 100 valence electrons. The molecule has 1 aliphatic rings. The van der Waals surface area contributed by atoms with Crippen LogP contribution in [0, 0.1) is 0 Å². The van der Waals surface area contributed by atoms with E-state index >= 15 is 0 Å². The molecule has 0 aliphatic carbocycles. The third-order valence-corrected chi connectivity index (χ3v) is 3.77. The summed E-state index contributed by atoms with van der Waals surface area (Å²) >= 11 is 0. The molecule has 2 aromatic rings. The largest absolute Gasteiger partial charge is 0.462 e. The van der Waals surface area contributed by atoms with Gasteiger partial charge in [-0.1, -0.05) is 24.3 Å². The Morgan fingerprint density at radius 2 is 1.58 bits per heavy atom. The van der Waals surface area contributed by atoms with E-state index in [1.807, 2.05) is 12.1 Å². The predicted molar refractivity (Wildman–Crippen MR) is 73.8 cm³/mol. The summed E-state index contributed by atoms with van der Waals surface area (Å²) in [6.45, 7) is 2.93. The van der Waals surface area contributed by atoms with Gasteiger partial charge in [0.2, 0.25) is 0 Å². The van der Waals surface area contributed by atoms with Gasteiger partial charge >= 0.3 is 0 Å². The van der Waals surface area contributed by atoms with Crippen LogP contribution in [0.5, 0.6) is 0 Å². The van der Waals surface area contributed by atoms with Crippen molar-refractivity contribution in [2.24, 2.45) is 0 Å². The lowest BCUT2D eigenvalue weighted by Crippen LogP contribution is -2.25. The topological polar surface area (TPSA) is 36.6 Å². The summed E-state index contributed by atoms with van der Waals surface area (Å²) in [4.78, 5) is 2.42. The minimum Gasteiger partial charge on any atom is -0.462 e. The highest BCUT2D eigenvalue weighted by Crippen LogP contribution is 2.18. The first-order valence-corrected chi connectivity index (χ1v) is 6.83. The van der Waals surface area contributed by atoms with Crippen molar-refractivity contribution >= 4 is 0 Å². The SMILES string of the molecule is OCc1ccc(CN2CCc3ccccc3CC2)o1. The van der Waals surface area contributed by atoms with E-state index in [4.69, 9.17) is 9.52 Å². The van der Waals surface area contributed by atoms with Gasteiger partial charge in [-0.05, 0) is 36.1 Å². The molecule has 0 saturated carbocycles. The fourth-order valence-corrected chi connectivity index (χ4v) is 2.68. The van der Waals surface area contributed by atoms with Gasteiger partial charge in [0.05, 0.1) is 6.54 Å². The second kappa shape index (κ2) is 5.59. The zero-order valence-electron chi connectivity index (χ0n) is 11.0. The van der Waals surface area contributed by atoms with Gasteiger partial charge in [-0.2, -0.15) is 0 Å². The van der Waals surface area contributed by atoms with Crippen LogP contribution in [0.3, 0.4) is 0 Å². The molecule has 0 bridgehead atoms. The fourth-order valence-electron chi connectivity index (χ4n) is 2.68. The van der Waals surface area contributed by atoms with Gasteiger partial charge in [-0.15, -0.1) is 0 Å². The number of aliphatic hydroxyl groups is 1. The summed E-state index contributed by atoms with van der Waals surface area (Å²) in [6.07, 6.45) is 2.20. The van der Waals surface area contributed by atoms with Crippen molar-refractivity contribution in [3.63, 3.8) is 0 Å². The summed E-state index contributed by atoms with van der Waals surface area (Å²) < 4.78 is 5.56. The monoisotopic (exact) mass is 257 g/mol. The van der Waals surface area contributed by atoms with Gasteiger partial charge in [0.1, 0.15) is 18.1 Å². The first-order valence-electron chi connectivity index (χ1n) is 6.83. The molecule has 0 amide bonds. The lowest BCUT2D eigenvalue weighted by Gasteiger charge is -2.17. The summed E-state index contributed by atoms with van der Waals surface area (Å²) in [5.41, 5.74) is 2.95. The van der Waals surface area contributed by atoms with Crippen LogP contribution in [0.15, 0.2) is 40.8 Å². The quantitative estimate of drug-likeness (QED) is 0.917. The van der Waals surface area contributed by atoms with E-state index in [0.29, 0.717) is 5.76 Å². The molecule has 0 fully saturated rings. The highest BCUT2D eigenvalue weighted by Gasteiger charge is 2.14. The molecule has 1 N–H and O–H groups in total. The number of hydrogen-bond donors (Lipinski definition) is 1. The Labute approximate surface area is 113 Å². The lowest BCUT2D eigenvalue weighted by atomic mass is 10.0. The molecule has 0 atom stereocenters. The van der Waals surface area contributed by atoms with Crippen LogP contribution < -0.4 is 0 Å². The Hall–Kier alpha value is -1.58. The summed E-state index contributed by atoms with van der Waals surface area (Å²) in [6, 6.07) is 12.5. The maximum absolute atomic E-state index is 9.01. The number of hydrogen-bond acceptors (Lipinski definition) is 3. The van der Waals surface area contributed by atoms with Crippen molar-refractivity contribution in [2.75, 3.05) is 13.1 Å². The minimum absolute atomic E-state index is 0.0224. The van der Waals surface area contributed by atoms with Gasteiger partial charge in [-0.25, -0.2) is 0 Å². The van der Waals surface area contributed by atoms with Crippen LogP contribution in [0.25, 0.3) is 0 Å². The number of benzene rings is 1. The molecule has 0 spiro atoms. The Kier molecular flexibility index (Phi) is 3.67. The van der Waals surface area contributed by atoms with E-state index in [1.165, 1.54) is 11.1 Å². The number of fused-ring (bicyclic) bond motifs is 1. The van der Waals surface area contributed by atoms with Crippen molar-refractivity contribution in [2.45, 2.75) is 26.0 Å². The molecule has 19 heavy (non-hydrogen) atoms. The smallest absolute Gasteiger partial charge is 0.129 e. The molecule has 0 radical (unpaired) electrons. The van der Waals surface area contributed by atoms with E-state index in [9.17, 15) is 0 Å². The first-order chi connectivity index (χ1) is 9.35. The second-order valence-corrected chi connectivity index (χ2v) is 5.07. The van der Waals surface area contributed by atoms with Crippen molar-refractivity contribution in [3.8, 4) is 0 Å². The normalized spacial score (nSPS) is 16.1. The molecule has 0 saturated heterocycles. The third kappa shape index (κ3) is 2.88. The highest BCUT2D eigenvalue weighted by atomic mass is 16.4. The standard InChI is InChI=1S/C16H19NO2/c18-12-16-6-5-15(19-16)11-17-9-7-13-3-1-2-4-14(13)8-10-17/h1-6,18H,7-12H2. The van der Waals surface area contributed by atoms with E-state index in [0.717, 1.165) is 38.2 Å². The van der Waals surface area contributed by atoms with Gasteiger partial charge in [0, 0.05) is 13.1 Å². The van der Waals surface area contributed by atoms with Crippen LogP contribution in [0.1, 0.15) is 22.6 Å². The minimum atomic E-state index is -0.0224. The van der Waals surface area contributed by atoms with E-state index < -0.39 is 0 Å². The van der Waals surface area contributed by atoms with Crippen molar-refractivity contribution in [1.82, 2.24) is 4.90 Å². The zero-order valence-corrected chi connectivity index (χ0v) is 11.0. The Morgan fingerprint density at radius 1 is 0.947 bits per heavy atom. The maximum atomic E-state index is 9.01. The molecule has 0 unspecified atom stereocenters. The van der Waals surface area contributed by atoms with Gasteiger partial charge < -0.3 is 9.52 Å². The number of furan rings is 1. The molecule has 1 aromatic carbocycles. The van der Waals surface area contributed by atoms with Crippen molar-refractivity contribution in [3.05, 3.63) is 59.0 Å². The molecule has 1 aromatic heterocycles. The van der Waals surface area contributed by atoms with Crippen molar-refractivity contribution in [1.29, 1.82) is 0 Å². The summed E-state index contributed by atoms with van der Waals surface area (Å²) in [5.74, 6) is 1.59. The Balaban J connectivity index is 1.65. The molecule has 3 rings (SSSR count). The zero-order chi connectivity index (χ0) is 13.1. The van der Waals surface area contributed by atoms with E-state index in [2.05, 4.69) is 29.2 Å². The van der Waals surface area contributed by atoms with Gasteiger partial charge in [-0.3, -0.25) is 4.90 Å². The lowest BCUT2D eigenvalue weighted by molar-refractivity contribution is 0.223. The summed E-state index contributed by atoms with van der Waals surface area (Å²) in [7, 11) is 0. The third-order valence-electron chi connectivity index (χ3n) is 3.77. The molecule has 1 aliphatic heterocycles. The average molecular weight is 257 g/mol. The Morgan fingerprint density at radius 3 is 2.16 bits per heavy atom. The highest BCUT2D eigenvalue weighted by molar-refractivity contribution is 5.28. The average Bonchev–Trinajstić information content (AvgIpc) is 2.80. The number of rotatable bonds is 3. The van der Waals surface area contributed by atoms with Crippen LogP contribution in [0.2, 0.25) is 0 Å². The summed E-state index contributed by atoms with van der Waals surface area (Å²) in [5, 5.41) is 9.01. The van der Waals surface area contributed by atoms with Gasteiger partial charge in [0.25, 0.3) is 0 Å². The molecule has 3 heteroatoms.